The van der Waals surface area contributed by atoms with E-state index in [1.807, 2.05) is 6.07 Å². The highest BCUT2D eigenvalue weighted by molar-refractivity contribution is 5.77. The fourth-order valence-corrected chi connectivity index (χ4v) is 5.64. The monoisotopic (exact) mass is 526 g/mol. The second kappa shape index (κ2) is 12.4. The quantitative estimate of drug-likeness (QED) is 0.289. The summed E-state index contributed by atoms with van der Waals surface area (Å²) in [5, 5.41) is 0. The van der Waals surface area contributed by atoms with Gasteiger partial charge in [-0.25, -0.2) is 15.0 Å². The summed E-state index contributed by atoms with van der Waals surface area (Å²) in [7, 11) is 1.74. The van der Waals surface area contributed by atoms with Crippen molar-refractivity contribution in [1.29, 1.82) is 0 Å². The molecule has 1 aliphatic heterocycles. The first-order valence-corrected chi connectivity index (χ1v) is 13.9. The van der Waals surface area contributed by atoms with Crippen molar-refractivity contribution in [2.24, 2.45) is 5.92 Å². The summed E-state index contributed by atoms with van der Waals surface area (Å²) in [6.07, 6.45) is 7.87. The number of nitrogens with zero attached hydrogens (tertiary/aromatic N) is 5. The average Bonchev–Trinajstić information content (AvgIpc) is 3.33. The molecule has 2 N–H and O–H groups in total. The zero-order chi connectivity index (χ0) is 27.2. The molecule has 39 heavy (non-hydrogen) atoms. The van der Waals surface area contributed by atoms with Crippen LogP contribution in [0.15, 0.2) is 60.9 Å². The molecule has 8 nitrogen and oxygen atoms in total. The molecule has 2 aromatic carbocycles. The Hall–Kier alpha value is -3.78. The Morgan fingerprint density at radius 2 is 1.87 bits per heavy atom. The second-order valence-electron chi connectivity index (χ2n) is 10.7. The van der Waals surface area contributed by atoms with E-state index in [9.17, 15) is 4.79 Å². The number of carbonyl (C=O) groups excluding carboxylic acids is 1. The first-order valence-electron chi connectivity index (χ1n) is 13.9. The maximum atomic E-state index is 13.4. The number of hydrogen-bond donors (Lipinski definition) is 1. The zero-order valence-electron chi connectivity index (χ0n) is 22.9. The molecule has 8 heteroatoms. The number of methoxy groups -OCH3 is 1. The van der Waals surface area contributed by atoms with Crippen molar-refractivity contribution in [3.63, 3.8) is 0 Å². The van der Waals surface area contributed by atoms with Crippen molar-refractivity contribution >= 4 is 22.9 Å². The van der Waals surface area contributed by atoms with E-state index >= 15 is 0 Å². The lowest BCUT2D eigenvalue weighted by Gasteiger charge is -2.33. The number of imidazole rings is 1. The lowest BCUT2D eigenvalue weighted by atomic mass is 9.94. The number of fused-ring (bicyclic) bond motifs is 1. The van der Waals surface area contributed by atoms with Gasteiger partial charge in [0.05, 0.1) is 11.0 Å². The minimum Gasteiger partial charge on any atom is -0.385 e. The van der Waals surface area contributed by atoms with Crippen LogP contribution in [0.3, 0.4) is 0 Å². The molecule has 0 radical (unpaired) electrons. The Morgan fingerprint density at radius 3 is 2.64 bits per heavy atom. The van der Waals surface area contributed by atoms with Crippen molar-refractivity contribution in [2.75, 3.05) is 32.5 Å². The van der Waals surface area contributed by atoms with Gasteiger partial charge in [0.1, 0.15) is 5.82 Å². The van der Waals surface area contributed by atoms with E-state index in [0.717, 1.165) is 79.9 Å². The van der Waals surface area contributed by atoms with Gasteiger partial charge in [0.25, 0.3) is 0 Å². The molecular formula is C31H38N6O2. The van der Waals surface area contributed by atoms with Crippen molar-refractivity contribution in [3.8, 4) is 11.1 Å². The smallest absolute Gasteiger partial charge is 0.222 e. The van der Waals surface area contributed by atoms with E-state index in [1.54, 1.807) is 19.5 Å². The third kappa shape index (κ3) is 6.45. The first-order chi connectivity index (χ1) is 19.0. The predicted molar refractivity (Wildman–Crippen MR) is 154 cm³/mol. The number of rotatable bonds is 10. The number of anilines is 1. The topological polar surface area (TPSA) is 99.2 Å². The Bertz CT molecular complexity index is 1380. The average molecular weight is 527 g/mol. The van der Waals surface area contributed by atoms with Gasteiger partial charge in [0.15, 0.2) is 0 Å². The van der Waals surface area contributed by atoms with Crippen LogP contribution in [0.1, 0.15) is 49.9 Å². The summed E-state index contributed by atoms with van der Waals surface area (Å²) in [6, 6.07) is 16.7. The number of amides is 1. The second-order valence-corrected chi connectivity index (χ2v) is 10.7. The third-order valence-electron chi connectivity index (χ3n) is 7.62. The molecule has 3 heterocycles. The minimum atomic E-state index is 0.241. The highest BCUT2D eigenvalue weighted by Crippen LogP contribution is 2.30. The summed E-state index contributed by atoms with van der Waals surface area (Å²) in [4.78, 5) is 28.6. The number of aromatic nitrogens is 4. The lowest BCUT2D eigenvalue weighted by molar-refractivity contribution is -0.133. The van der Waals surface area contributed by atoms with E-state index in [0.29, 0.717) is 6.42 Å². The number of para-hydroxylation sites is 2. The fraction of sp³-hybridized carbons (Fsp3) is 0.419. The van der Waals surface area contributed by atoms with E-state index < -0.39 is 0 Å². The van der Waals surface area contributed by atoms with Crippen LogP contribution in [0, 0.1) is 5.92 Å². The molecule has 2 aromatic heterocycles. The van der Waals surface area contributed by atoms with Gasteiger partial charge in [-0.2, -0.15) is 0 Å². The molecule has 1 fully saturated rings. The number of carbonyl (C=O) groups is 1. The molecule has 0 unspecified atom stereocenters. The standard InChI is InChI=1S/C31H38N6O2/c1-22(17-23-10-12-24(13-11-23)26-19-33-31(32)34-20-26)18-29(38)36-14-5-7-25(21-36)30-35-27-8-3-4-9-28(27)37(30)15-6-16-39-2/h3-4,8-13,19-20,22,25H,5-7,14-18,21H2,1-2H3,(H2,32,33,34)/t22-,25-/m1/s1. The van der Waals surface area contributed by atoms with Crippen LogP contribution in [0.4, 0.5) is 5.95 Å². The number of hydrogen-bond acceptors (Lipinski definition) is 6. The molecule has 0 saturated carbocycles. The molecule has 5 rings (SSSR count). The van der Waals surface area contributed by atoms with Crippen LogP contribution in [-0.2, 0) is 22.5 Å². The number of nitrogens with two attached hydrogens (primary N) is 1. The molecule has 4 aromatic rings. The van der Waals surface area contributed by atoms with Crippen molar-refractivity contribution < 1.29 is 9.53 Å². The van der Waals surface area contributed by atoms with Crippen LogP contribution < -0.4 is 5.73 Å². The Kier molecular flexibility index (Phi) is 8.51. The van der Waals surface area contributed by atoms with Gasteiger partial charge in [-0.3, -0.25) is 4.79 Å². The maximum Gasteiger partial charge on any atom is 0.222 e. The van der Waals surface area contributed by atoms with E-state index in [2.05, 4.69) is 68.8 Å². The Balaban J connectivity index is 1.21. The molecule has 1 amide bonds. The summed E-state index contributed by atoms with van der Waals surface area (Å²) in [6.45, 7) is 5.31. The SMILES string of the molecule is COCCCn1c([C@@H]2CCCN(C(=O)C[C@H](C)Cc3ccc(-c4cnc(N)nc4)cc3)C2)nc2ccccc21. The summed E-state index contributed by atoms with van der Waals surface area (Å²) in [5.41, 5.74) is 11.0. The van der Waals surface area contributed by atoms with Gasteiger partial charge >= 0.3 is 0 Å². The highest BCUT2D eigenvalue weighted by atomic mass is 16.5. The van der Waals surface area contributed by atoms with Crippen LogP contribution in [0.2, 0.25) is 0 Å². The predicted octanol–water partition coefficient (Wildman–Crippen LogP) is 5.09. The first kappa shape index (κ1) is 26.8. The Morgan fingerprint density at radius 1 is 1.10 bits per heavy atom. The van der Waals surface area contributed by atoms with Gasteiger partial charge in [0.2, 0.25) is 11.9 Å². The maximum absolute atomic E-state index is 13.4. The van der Waals surface area contributed by atoms with Crippen molar-refractivity contribution in [2.45, 2.75) is 51.5 Å². The number of aryl methyl sites for hydroxylation is 1. The number of nitrogen functional groups attached to an aromatic ring is 1. The number of ether oxygens (including phenoxy) is 1. The van der Waals surface area contributed by atoms with Crippen molar-refractivity contribution in [3.05, 3.63) is 72.3 Å². The van der Waals surface area contributed by atoms with Gasteiger partial charge < -0.3 is 19.9 Å². The molecule has 0 aliphatic carbocycles. The molecule has 1 aliphatic rings. The van der Waals surface area contributed by atoms with Gasteiger partial charge in [0, 0.05) is 63.6 Å². The largest absolute Gasteiger partial charge is 0.385 e. The van der Waals surface area contributed by atoms with E-state index in [4.69, 9.17) is 15.5 Å². The van der Waals surface area contributed by atoms with Gasteiger partial charge in [-0.05, 0) is 54.9 Å². The summed E-state index contributed by atoms with van der Waals surface area (Å²) in [5.74, 6) is 2.11. The van der Waals surface area contributed by atoms with Crippen molar-refractivity contribution in [1.82, 2.24) is 24.4 Å². The molecule has 0 bridgehead atoms. The van der Waals surface area contributed by atoms with Crippen LogP contribution in [0.5, 0.6) is 0 Å². The number of piperidine rings is 1. The summed E-state index contributed by atoms with van der Waals surface area (Å²) < 4.78 is 7.64. The lowest BCUT2D eigenvalue weighted by Crippen LogP contribution is -2.40. The zero-order valence-corrected chi connectivity index (χ0v) is 22.9. The van der Waals surface area contributed by atoms with Crippen LogP contribution >= 0.6 is 0 Å². The van der Waals surface area contributed by atoms with E-state index in [-0.39, 0.29) is 23.7 Å². The van der Waals surface area contributed by atoms with Crippen LogP contribution in [-0.4, -0.2) is 57.1 Å². The number of likely N-dealkylation sites (tertiary alicyclic amines) is 1. The van der Waals surface area contributed by atoms with E-state index in [1.165, 1.54) is 5.56 Å². The highest BCUT2D eigenvalue weighted by Gasteiger charge is 2.29. The van der Waals surface area contributed by atoms with Gasteiger partial charge in [-0.1, -0.05) is 43.3 Å². The molecule has 204 valence electrons. The molecule has 0 spiro atoms. The minimum absolute atomic E-state index is 0.241. The molecule has 2 atom stereocenters. The number of benzene rings is 2. The fourth-order valence-electron chi connectivity index (χ4n) is 5.64. The molecular weight excluding hydrogens is 488 g/mol. The Labute approximate surface area is 230 Å². The molecule has 1 saturated heterocycles. The van der Waals surface area contributed by atoms with Crippen LogP contribution in [0.25, 0.3) is 22.2 Å². The third-order valence-corrected chi connectivity index (χ3v) is 7.62. The normalized spacial score (nSPS) is 16.5. The van der Waals surface area contributed by atoms with Gasteiger partial charge in [-0.15, -0.1) is 0 Å². The summed E-state index contributed by atoms with van der Waals surface area (Å²) >= 11 is 0.